The van der Waals surface area contributed by atoms with Crippen molar-refractivity contribution in [1.82, 2.24) is 5.32 Å². The normalized spacial score (nSPS) is 12.1. The maximum Gasteiger partial charge on any atom is 0.171 e. The maximum absolute atomic E-state index is 5.74. The van der Waals surface area contributed by atoms with Gasteiger partial charge in [-0.2, -0.15) is 0 Å². The second-order valence-corrected chi connectivity index (χ2v) is 7.28. The highest BCUT2D eigenvalue weighted by molar-refractivity contribution is 7.80. The standard InChI is InChI=1S/C21H28N2OS/c1-14(2)20(19-12-7-6-9-16(19)5)23-21(25)22-17-10-8-11-18(13-17)24-15(3)4/h6-15,20H,1-5H3,(H2,22,23,25)/t20-/m1/s1. The summed E-state index contributed by atoms with van der Waals surface area (Å²) in [6, 6.07) is 16.5. The first-order valence-electron chi connectivity index (χ1n) is 8.76. The van der Waals surface area contributed by atoms with Crippen molar-refractivity contribution in [2.45, 2.75) is 46.8 Å². The lowest BCUT2D eigenvalue weighted by molar-refractivity contribution is 0.242. The lowest BCUT2D eigenvalue weighted by Gasteiger charge is -2.26. The second kappa shape index (κ2) is 8.86. The van der Waals surface area contributed by atoms with Crippen LogP contribution in [0.3, 0.4) is 0 Å². The van der Waals surface area contributed by atoms with Crippen LogP contribution in [-0.2, 0) is 0 Å². The molecule has 0 aromatic heterocycles. The van der Waals surface area contributed by atoms with Crippen LogP contribution in [0.5, 0.6) is 5.75 Å². The van der Waals surface area contributed by atoms with Crippen molar-refractivity contribution < 1.29 is 4.74 Å². The predicted molar refractivity (Wildman–Crippen MR) is 110 cm³/mol. The van der Waals surface area contributed by atoms with Crippen LogP contribution in [0.1, 0.15) is 44.9 Å². The Labute approximate surface area is 156 Å². The van der Waals surface area contributed by atoms with Crippen LogP contribution in [0, 0.1) is 12.8 Å². The van der Waals surface area contributed by atoms with Crippen molar-refractivity contribution in [3.05, 3.63) is 59.7 Å². The lowest BCUT2D eigenvalue weighted by Crippen LogP contribution is -2.35. The van der Waals surface area contributed by atoms with Gasteiger partial charge in [-0.15, -0.1) is 0 Å². The van der Waals surface area contributed by atoms with E-state index in [0.29, 0.717) is 11.0 Å². The van der Waals surface area contributed by atoms with E-state index in [1.807, 2.05) is 38.1 Å². The Balaban J connectivity index is 2.08. The molecule has 0 saturated heterocycles. The zero-order chi connectivity index (χ0) is 18.4. The highest BCUT2D eigenvalue weighted by Crippen LogP contribution is 2.25. The Hall–Kier alpha value is -2.07. The third kappa shape index (κ3) is 5.75. The zero-order valence-corrected chi connectivity index (χ0v) is 16.5. The van der Waals surface area contributed by atoms with Gasteiger partial charge in [-0.1, -0.05) is 44.2 Å². The third-order valence-corrected chi connectivity index (χ3v) is 4.16. The molecule has 0 aliphatic heterocycles. The first kappa shape index (κ1) is 19.3. The SMILES string of the molecule is Cc1ccccc1[C@H](NC(=S)Nc1cccc(OC(C)C)c1)C(C)C. The summed E-state index contributed by atoms with van der Waals surface area (Å²) in [5.74, 6) is 1.25. The van der Waals surface area contributed by atoms with Crippen LogP contribution in [0.4, 0.5) is 5.69 Å². The fourth-order valence-corrected chi connectivity index (χ4v) is 3.01. The van der Waals surface area contributed by atoms with Crippen LogP contribution in [-0.4, -0.2) is 11.2 Å². The molecule has 3 nitrogen and oxygen atoms in total. The van der Waals surface area contributed by atoms with Crippen LogP contribution < -0.4 is 15.4 Å². The van der Waals surface area contributed by atoms with Crippen molar-refractivity contribution in [2.24, 2.45) is 5.92 Å². The summed E-state index contributed by atoms with van der Waals surface area (Å²) in [7, 11) is 0. The van der Waals surface area contributed by atoms with E-state index >= 15 is 0 Å². The average Bonchev–Trinajstić information content (AvgIpc) is 2.53. The molecule has 0 amide bonds. The van der Waals surface area contributed by atoms with E-state index in [1.54, 1.807) is 0 Å². The summed E-state index contributed by atoms with van der Waals surface area (Å²) in [5, 5.41) is 7.35. The number of nitrogens with one attached hydrogen (secondary N) is 2. The first-order valence-corrected chi connectivity index (χ1v) is 9.17. The van der Waals surface area contributed by atoms with Gasteiger partial charge in [-0.25, -0.2) is 0 Å². The molecule has 25 heavy (non-hydrogen) atoms. The van der Waals surface area contributed by atoms with Crippen molar-refractivity contribution >= 4 is 23.0 Å². The van der Waals surface area contributed by atoms with Gasteiger partial charge in [0, 0.05) is 11.8 Å². The highest BCUT2D eigenvalue weighted by atomic mass is 32.1. The number of hydrogen-bond donors (Lipinski definition) is 2. The fourth-order valence-electron chi connectivity index (χ4n) is 2.77. The van der Waals surface area contributed by atoms with Crippen LogP contribution in [0.2, 0.25) is 0 Å². The molecular formula is C21H28N2OS. The Morgan fingerprint density at radius 3 is 2.36 bits per heavy atom. The molecule has 2 N–H and O–H groups in total. The molecule has 0 aliphatic rings. The number of rotatable bonds is 6. The molecule has 0 bridgehead atoms. The van der Waals surface area contributed by atoms with Gasteiger partial charge in [-0.3, -0.25) is 0 Å². The van der Waals surface area contributed by atoms with Crippen molar-refractivity contribution in [2.75, 3.05) is 5.32 Å². The van der Waals surface area contributed by atoms with Crippen LogP contribution in [0.25, 0.3) is 0 Å². The van der Waals surface area contributed by atoms with Crippen molar-refractivity contribution in [3.8, 4) is 5.75 Å². The topological polar surface area (TPSA) is 33.3 Å². The molecule has 1 atom stereocenters. The highest BCUT2D eigenvalue weighted by Gasteiger charge is 2.18. The predicted octanol–water partition coefficient (Wildman–Crippen LogP) is 5.47. The van der Waals surface area contributed by atoms with Gasteiger partial charge in [0.05, 0.1) is 12.1 Å². The van der Waals surface area contributed by atoms with Crippen LogP contribution >= 0.6 is 12.2 Å². The summed E-state index contributed by atoms with van der Waals surface area (Å²) in [5.41, 5.74) is 3.46. The number of thiocarbonyl (C=S) groups is 1. The van der Waals surface area contributed by atoms with E-state index in [0.717, 1.165) is 11.4 Å². The van der Waals surface area contributed by atoms with Gasteiger partial charge in [0.1, 0.15) is 5.75 Å². The van der Waals surface area contributed by atoms with E-state index in [2.05, 4.69) is 55.7 Å². The Morgan fingerprint density at radius 1 is 1.00 bits per heavy atom. The van der Waals surface area contributed by atoms with E-state index in [1.165, 1.54) is 11.1 Å². The Kier molecular flexibility index (Phi) is 6.82. The molecule has 0 fully saturated rings. The minimum absolute atomic E-state index is 0.145. The average molecular weight is 357 g/mol. The van der Waals surface area contributed by atoms with Crippen molar-refractivity contribution in [1.29, 1.82) is 0 Å². The minimum Gasteiger partial charge on any atom is -0.491 e. The summed E-state index contributed by atoms with van der Waals surface area (Å²) in [4.78, 5) is 0. The van der Waals surface area contributed by atoms with Gasteiger partial charge in [0.25, 0.3) is 0 Å². The van der Waals surface area contributed by atoms with E-state index in [-0.39, 0.29) is 12.1 Å². The molecule has 2 aromatic rings. The van der Waals surface area contributed by atoms with Crippen LogP contribution in [0.15, 0.2) is 48.5 Å². The molecule has 0 spiro atoms. The number of aryl methyl sites for hydroxylation is 1. The molecule has 4 heteroatoms. The summed E-state index contributed by atoms with van der Waals surface area (Å²) < 4.78 is 5.74. The van der Waals surface area contributed by atoms with Gasteiger partial charge < -0.3 is 15.4 Å². The van der Waals surface area contributed by atoms with E-state index < -0.39 is 0 Å². The molecule has 0 radical (unpaired) electrons. The quantitative estimate of drug-likeness (QED) is 0.673. The molecule has 2 rings (SSSR count). The lowest BCUT2D eigenvalue weighted by atomic mass is 9.93. The first-order chi connectivity index (χ1) is 11.9. The molecule has 2 aromatic carbocycles. The largest absolute Gasteiger partial charge is 0.491 e. The van der Waals surface area contributed by atoms with Gasteiger partial charge >= 0.3 is 0 Å². The van der Waals surface area contributed by atoms with Gasteiger partial charge in [0.2, 0.25) is 0 Å². The summed E-state index contributed by atoms with van der Waals surface area (Å²) in [6.45, 7) is 10.6. The molecule has 0 heterocycles. The number of anilines is 1. The monoisotopic (exact) mass is 356 g/mol. The fraction of sp³-hybridized carbons (Fsp3) is 0.381. The summed E-state index contributed by atoms with van der Waals surface area (Å²) >= 11 is 5.54. The van der Waals surface area contributed by atoms with Crippen molar-refractivity contribution in [3.63, 3.8) is 0 Å². The molecule has 0 unspecified atom stereocenters. The molecule has 134 valence electrons. The smallest absolute Gasteiger partial charge is 0.171 e. The summed E-state index contributed by atoms with van der Waals surface area (Å²) in [6.07, 6.45) is 0.145. The Bertz CT molecular complexity index is 713. The van der Waals surface area contributed by atoms with E-state index in [4.69, 9.17) is 17.0 Å². The number of hydrogen-bond acceptors (Lipinski definition) is 2. The van der Waals surface area contributed by atoms with E-state index in [9.17, 15) is 0 Å². The Morgan fingerprint density at radius 2 is 1.72 bits per heavy atom. The van der Waals surface area contributed by atoms with Gasteiger partial charge in [-0.05, 0) is 62.2 Å². The molecular weight excluding hydrogens is 328 g/mol. The molecule has 0 saturated carbocycles. The second-order valence-electron chi connectivity index (χ2n) is 6.87. The molecule has 0 aliphatic carbocycles. The minimum atomic E-state index is 0.145. The zero-order valence-electron chi connectivity index (χ0n) is 15.7. The number of ether oxygens (including phenoxy) is 1. The maximum atomic E-state index is 5.74. The number of benzene rings is 2. The third-order valence-electron chi connectivity index (χ3n) is 3.94. The van der Waals surface area contributed by atoms with Gasteiger partial charge in [0.15, 0.2) is 5.11 Å².